The average Bonchev–Trinajstić information content (AvgIpc) is 2.53. The minimum absolute atomic E-state index is 0.259. The first-order valence-electron chi connectivity index (χ1n) is 6.76. The predicted molar refractivity (Wildman–Crippen MR) is 83.5 cm³/mol. The van der Waals surface area contributed by atoms with Crippen LogP contribution in [-0.2, 0) is 0 Å². The molecule has 0 fully saturated rings. The van der Waals surface area contributed by atoms with Crippen molar-refractivity contribution in [3.05, 3.63) is 100 Å². The van der Waals surface area contributed by atoms with Gasteiger partial charge >= 0.3 is 0 Å². The molecule has 1 atom stereocenters. The van der Waals surface area contributed by atoms with Crippen molar-refractivity contribution >= 4 is 10.8 Å². The van der Waals surface area contributed by atoms with Crippen LogP contribution in [0.5, 0.6) is 0 Å². The van der Waals surface area contributed by atoms with Crippen molar-refractivity contribution in [1.82, 2.24) is 0 Å². The Hall–Kier alpha value is -2.68. The van der Waals surface area contributed by atoms with Gasteiger partial charge in [0.1, 0.15) is 0 Å². The van der Waals surface area contributed by atoms with Gasteiger partial charge in [0.2, 0.25) is 6.04 Å². The summed E-state index contributed by atoms with van der Waals surface area (Å²) < 4.78 is 0. The lowest BCUT2D eigenvalue weighted by Crippen LogP contribution is -2.11. The summed E-state index contributed by atoms with van der Waals surface area (Å²) in [7, 11) is 0. The van der Waals surface area contributed by atoms with Crippen molar-refractivity contribution in [2.24, 2.45) is 0 Å². The van der Waals surface area contributed by atoms with Gasteiger partial charge in [-0.1, -0.05) is 72.8 Å². The maximum Gasteiger partial charge on any atom is 0.245 e. The van der Waals surface area contributed by atoms with Crippen molar-refractivity contribution in [3.63, 3.8) is 0 Å². The topological polar surface area (TPSA) is 43.1 Å². The van der Waals surface area contributed by atoms with Crippen molar-refractivity contribution in [2.75, 3.05) is 0 Å². The summed E-state index contributed by atoms with van der Waals surface area (Å²) in [5.41, 5.74) is 1.55. The van der Waals surface area contributed by atoms with Gasteiger partial charge < -0.3 is 0 Å². The van der Waals surface area contributed by atoms with Crippen LogP contribution in [0.3, 0.4) is 0 Å². The molecular weight excluding hydrogens is 262 g/mol. The van der Waals surface area contributed by atoms with Crippen molar-refractivity contribution in [2.45, 2.75) is 6.04 Å². The molecule has 0 aliphatic rings. The van der Waals surface area contributed by atoms with Crippen LogP contribution < -0.4 is 0 Å². The zero-order valence-electron chi connectivity index (χ0n) is 11.3. The van der Waals surface area contributed by atoms with Crippen LogP contribution in [0.4, 0.5) is 0 Å². The van der Waals surface area contributed by atoms with E-state index in [0.717, 1.165) is 16.3 Å². The summed E-state index contributed by atoms with van der Waals surface area (Å²) in [5.74, 6) is 0. The highest BCUT2D eigenvalue weighted by Crippen LogP contribution is 2.25. The Kier molecular flexibility index (Phi) is 3.65. The molecule has 0 heterocycles. The van der Waals surface area contributed by atoms with Gasteiger partial charge in [-0.3, -0.25) is 10.1 Å². The minimum atomic E-state index is -0.827. The van der Waals surface area contributed by atoms with E-state index in [4.69, 9.17) is 0 Å². The third-order valence-electron chi connectivity index (χ3n) is 3.49. The largest absolute Gasteiger partial charge is 0.264 e. The molecule has 0 spiro atoms. The van der Waals surface area contributed by atoms with E-state index in [-0.39, 0.29) is 4.92 Å². The monoisotopic (exact) mass is 276 g/mol. The van der Waals surface area contributed by atoms with E-state index in [2.05, 4.69) is 0 Å². The van der Waals surface area contributed by atoms with Crippen LogP contribution in [-0.4, -0.2) is 4.92 Å². The van der Waals surface area contributed by atoms with Crippen LogP contribution >= 0.6 is 0 Å². The molecule has 3 aromatic carbocycles. The van der Waals surface area contributed by atoms with Gasteiger partial charge in [-0.05, 0) is 16.3 Å². The molecule has 0 saturated carbocycles. The molecule has 0 amide bonds. The van der Waals surface area contributed by atoms with Crippen LogP contribution in [0.2, 0.25) is 0 Å². The van der Waals surface area contributed by atoms with Crippen molar-refractivity contribution in [1.29, 1.82) is 0 Å². The number of hydrogen-bond donors (Lipinski definition) is 0. The first-order chi connectivity index (χ1) is 10.2. The quantitative estimate of drug-likeness (QED) is 0.523. The molecule has 3 aromatic rings. The Balaban J connectivity index is 1.93. The van der Waals surface area contributed by atoms with E-state index in [1.807, 2.05) is 60.7 Å². The second kappa shape index (κ2) is 5.75. The van der Waals surface area contributed by atoms with E-state index >= 15 is 0 Å². The second-order valence-corrected chi connectivity index (χ2v) is 4.91. The lowest BCUT2D eigenvalue weighted by atomic mass is 9.97. The molecule has 103 valence electrons. The lowest BCUT2D eigenvalue weighted by Gasteiger charge is -2.10. The molecule has 1 radical (unpaired) electrons. The molecule has 3 rings (SSSR count). The molecule has 3 heteroatoms. The van der Waals surface area contributed by atoms with Gasteiger partial charge in [-0.2, -0.15) is 0 Å². The fourth-order valence-electron chi connectivity index (χ4n) is 2.42. The zero-order chi connectivity index (χ0) is 14.7. The van der Waals surface area contributed by atoms with Crippen molar-refractivity contribution in [3.8, 4) is 0 Å². The highest BCUT2D eigenvalue weighted by Gasteiger charge is 2.23. The molecule has 0 saturated heterocycles. The number of hydrogen-bond acceptors (Lipinski definition) is 2. The number of nitro groups is 1. The SMILES string of the molecule is O=[N+]([O-])C([CH]c1ccc2ccccc2c1)c1ccccc1. The van der Waals surface area contributed by atoms with Crippen LogP contribution in [0, 0.1) is 16.5 Å². The van der Waals surface area contributed by atoms with Crippen LogP contribution in [0.25, 0.3) is 10.8 Å². The van der Waals surface area contributed by atoms with Crippen molar-refractivity contribution < 1.29 is 4.92 Å². The fourth-order valence-corrected chi connectivity index (χ4v) is 2.42. The molecular formula is C18H14NO2. The standard InChI is InChI=1S/C18H14NO2/c20-19(21)18(16-7-2-1-3-8-16)13-14-10-11-15-6-4-5-9-17(15)12-14/h1-13,18H. The van der Waals surface area contributed by atoms with E-state index in [1.54, 1.807) is 18.6 Å². The van der Waals surface area contributed by atoms with Gasteiger partial charge in [-0.15, -0.1) is 0 Å². The fraction of sp³-hybridized carbons (Fsp3) is 0.0556. The van der Waals surface area contributed by atoms with E-state index < -0.39 is 6.04 Å². The maximum absolute atomic E-state index is 11.3. The second-order valence-electron chi connectivity index (χ2n) is 4.91. The van der Waals surface area contributed by atoms with Gasteiger partial charge in [0.25, 0.3) is 0 Å². The average molecular weight is 276 g/mol. The Labute approximate surface area is 123 Å². The van der Waals surface area contributed by atoms with Gasteiger partial charge in [0.15, 0.2) is 0 Å². The number of nitrogens with zero attached hydrogens (tertiary/aromatic N) is 1. The Morgan fingerprint density at radius 2 is 1.52 bits per heavy atom. The zero-order valence-corrected chi connectivity index (χ0v) is 11.3. The summed E-state index contributed by atoms with van der Waals surface area (Å²) in [6, 6.07) is 22.1. The molecule has 0 N–H and O–H groups in total. The normalized spacial score (nSPS) is 12.2. The molecule has 0 aromatic heterocycles. The Morgan fingerprint density at radius 3 is 2.24 bits per heavy atom. The summed E-state index contributed by atoms with van der Waals surface area (Å²) in [5, 5.41) is 13.6. The molecule has 0 aliphatic carbocycles. The minimum Gasteiger partial charge on any atom is -0.264 e. The summed E-state index contributed by atoms with van der Waals surface area (Å²) in [4.78, 5) is 11.1. The predicted octanol–water partition coefficient (Wildman–Crippen LogP) is 4.41. The smallest absolute Gasteiger partial charge is 0.245 e. The van der Waals surface area contributed by atoms with E-state index in [9.17, 15) is 10.1 Å². The molecule has 3 nitrogen and oxygen atoms in total. The molecule has 1 unspecified atom stereocenters. The summed E-state index contributed by atoms with van der Waals surface area (Å²) in [6.45, 7) is 0. The first kappa shape index (κ1) is 13.3. The molecule has 21 heavy (non-hydrogen) atoms. The van der Waals surface area contributed by atoms with E-state index in [0.29, 0.717) is 5.56 Å². The summed E-state index contributed by atoms with van der Waals surface area (Å²) in [6.07, 6.45) is 1.70. The van der Waals surface area contributed by atoms with E-state index in [1.165, 1.54) is 0 Å². The molecule has 0 aliphatic heterocycles. The van der Waals surface area contributed by atoms with Gasteiger partial charge in [0, 0.05) is 10.5 Å². The third kappa shape index (κ3) is 2.92. The first-order valence-corrected chi connectivity index (χ1v) is 6.76. The maximum atomic E-state index is 11.3. The molecule has 0 bridgehead atoms. The number of fused-ring (bicyclic) bond motifs is 1. The number of benzene rings is 3. The lowest BCUT2D eigenvalue weighted by molar-refractivity contribution is -0.519. The van der Waals surface area contributed by atoms with Crippen LogP contribution in [0.1, 0.15) is 17.2 Å². The van der Waals surface area contributed by atoms with Gasteiger partial charge in [0.05, 0.1) is 6.42 Å². The van der Waals surface area contributed by atoms with Crippen LogP contribution in [0.15, 0.2) is 72.8 Å². The van der Waals surface area contributed by atoms with Gasteiger partial charge in [-0.25, -0.2) is 0 Å². The highest BCUT2D eigenvalue weighted by molar-refractivity contribution is 5.83. The Bertz CT molecular complexity index is 768. The Morgan fingerprint density at radius 1 is 0.857 bits per heavy atom. The summed E-state index contributed by atoms with van der Waals surface area (Å²) >= 11 is 0. The number of rotatable bonds is 4. The highest BCUT2D eigenvalue weighted by atomic mass is 16.6. The third-order valence-corrected chi connectivity index (χ3v) is 3.49.